The molecule has 0 aliphatic carbocycles. The first-order valence-corrected chi connectivity index (χ1v) is 8.44. The Morgan fingerprint density at radius 2 is 2.16 bits per heavy atom. The van der Waals surface area contributed by atoms with Gasteiger partial charge in [0, 0.05) is 19.8 Å². The maximum absolute atomic E-state index is 5.56. The number of hydrogen-bond acceptors (Lipinski definition) is 3. The largest absolute Gasteiger partial charge is 0.381 e. The van der Waals surface area contributed by atoms with E-state index in [9.17, 15) is 0 Å². The van der Waals surface area contributed by atoms with E-state index in [1.54, 1.807) is 11.3 Å². The van der Waals surface area contributed by atoms with Gasteiger partial charge in [-0.05, 0) is 66.0 Å². The van der Waals surface area contributed by atoms with Crippen LogP contribution in [0.5, 0.6) is 0 Å². The van der Waals surface area contributed by atoms with Gasteiger partial charge >= 0.3 is 0 Å². The molecular formula is C16H27NOS. The van der Waals surface area contributed by atoms with Crippen molar-refractivity contribution in [3.8, 4) is 0 Å². The summed E-state index contributed by atoms with van der Waals surface area (Å²) in [6.45, 7) is 8.70. The summed E-state index contributed by atoms with van der Waals surface area (Å²) >= 11 is 1.81. The summed E-state index contributed by atoms with van der Waals surface area (Å²) in [5.74, 6) is 0.730. The molecule has 1 aliphatic rings. The van der Waals surface area contributed by atoms with Gasteiger partial charge in [0.1, 0.15) is 0 Å². The van der Waals surface area contributed by atoms with E-state index in [2.05, 4.69) is 36.0 Å². The number of ether oxygens (including phenoxy) is 1. The Bertz CT molecular complexity index is 342. The molecule has 19 heavy (non-hydrogen) atoms. The van der Waals surface area contributed by atoms with E-state index in [0.29, 0.717) is 5.41 Å². The van der Waals surface area contributed by atoms with Crippen molar-refractivity contribution in [2.45, 2.75) is 39.5 Å². The van der Waals surface area contributed by atoms with Crippen molar-refractivity contribution >= 4 is 11.3 Å². The fourth-order valence-electron chi connectivity index (χ4n) is 2.79. The van der Waals surface area contributed by atoms with E-state index in [1.807, 2.05) is 0 Å². The Morgan fingerprint density at radius 3 is 2.79 bits per heavy atom. The average Bonchev–Trinajstić information content (AvgIpc) is 2.90. The van der Waals surface area contributed by atoms with Gasteiger partial charge in [0.2, 0.25) is 0 Å². The molecular weight excluding hydrogens is 254 g/mol. The minimum Gasteiger partial charge on any atom is -0.381 e. The fraction of sp³-hybridized carbons (Fsp3) is 0.750. The third-order valence-electron chi connectivity index (χ3n) is 4.13. The summed E-state index contributed by atoms with van der Waals surface area (Å²) in [6.07, 6.45) is 4.93. The van der Waals surface area contributed by atoms with Gasteiger partial charge in [-0.3, -0.25) is 0 Å². The van der Waals surface area contributed by atoms with Crippen LogP contribution in [0.2, 0.25) is 0 Å². The van der Waals surface area contributed by atoms with Crippen LogP contribution in [0.1, 0.15) is 38.7 Å². The zero-order chi connectivity index (χ0) is 13.6. The molecule has 0 saturated carbocycles. The molecule has 0 radical (unpaired) electrons. The zero-order valence-electron chi connectivity index (χ0n) is 12.3. The molecule has 2 rings (SSSR count). The second-order valence-electron chi connectivity index (χ2n) is 6.27. The van der Waals surface area contributed by atoms with E-state index in [1.165, 1.54) is 31.2 Å². The summed E-state index contributed by atoms with van der Waals surface area (Å²) in [7, 11) is 0. The molecule has 0 amide bonds. The molecule has 2 heterocycles. The number of aryl methyl sites for hydroxylation is 1. The highest BCUT2D eigenvalue weighted by Crippen LogP contribution is 2.35. The zero-order valence-corrected chi connectivity index (χ0v) is 13.1. The highest BCUT2D eigenvalue weighted by molar-refractivity contribution is 7.07. The van der Waals surface area contributed by atoms with Gasteiger partial charge in [0.25, 0.3) is 0 Å². The fourth-order valence-corrected chi connectivity index (χ4v) is 3.49. The van der Waals surface area contributed by atoms with Crippen LogP contribution in [0.4, 0.5) is 0 Å². The van der Waals surface area contributed by atoms with Gasteiger partial charge in [-0.15, -0.1) is 0 Å². The van der Waals surface area contributed by atoms with Crippen molar-refractivity contribution in [2.75, 3.05) is 26.3 Å². The first kappa shape index (κ1) is 15.0. The first-order valence-electron chi connectivity index (χ1n) is 7.50. The lowest BCUT2D eigenvalue weighted by Crippen LogP contribution is -2.40. The van der Waals surface area contributed by atoms with Crippen LogP contribution in [0.25, 0.3) is 0 Å². The molecule has 1 aromatic heterocycles. The number of rotatable bonds is 7. The summed E-state index contributed by atoms with van der Waals surface area (Å²) in [6, 6.07) is 2.26. The molecule has 1 fully saturated rings. The Kier molecular flexibility index (Phi) is 5.86. The molecule has 2 nitrogen and oxygen atoms in total. The molecule has 0 spiro atoms. The van der Waals surface area contributed by atoms with Crippen LogP contribution in [0.3, 0.4) is 0 Å². The van der Waals surface area contributed by atoms with Crippen molar-refractivity contribution in [1.82, 2.24) is 5.32 Å². The van der Waals surface area contributed by atoms with Gasteiger partial charge in [0.15, 0.2) is 0 Å². The van der Waals surface area contributed by atoms with Gasteiger partial charge in [0.05, 0.1) is 0 Å². The molecule has 0 aromatic carbocycles. The highest BCUT2D eigenvalue weighted by atomic mass is 32.1. The van der Waals surface area contributed by atoms with Gasteiger partial charge in [-0.1, -0.05) is 13.8 Å². The Morgan fingerprint density at radius 1 is 1.37 bits per heavy atom. The molecule has 0 bridgehead atoms. The van der Waals surface area contributed by atoms with E-state index in [-0.39, 0.29) is 0 Å². The average molecular weight is 281 g/mol. The molecule has 1 aliphatic heterocycles. The van der Waals surface area contributed by atoms with Gasteiger partial charge in [-0.25, -0.2) is 0 Å². The van der Waals surface area contributed by atoms with Gasteiger partial charge < -0.3 is 10.1 Å². The quantitative estimate of drug-likeness (QED) is 0.822. The Labute approximate surface area is 121 Å². The van der Waals surface area contributed by atoms with Crippen LogP contribution in [0.15, 0.2) is 16.8 Å². The van der Waals surface area contributed by atoms with Crippen LogP contribution in [-0.2, 0) is 11.2 Å². The topological polar surface area (TPSA) is 21.3 Å². The lowest BCUT2D eigenvalue weighted by Gasteiger charge is -2.38. The monoisotopic (exact) mass is 281 g/mol. The second kappa shape index (κ2) is 7.41. The predicted molar refractivity (Wildman–Crippen MR) is 82.8 cm³/mol. The van der Waals surface area contributed by atoms with Crippen LogP contribution < -0.4 is 5.32 Å². The molecule has 1 N–H and O–H groups in total. The lowest BCUT2D eigenvalue weighted by atomic mass is 9.75. The van der Waals surface area contributed by atoms with Crippen molar-refractivity contribution in [2.24, 2.45) is 11.3 Å². The standard InChI is InChI=1S/C16H27NOS/c1-14(2)11-17-13-16(6-8-18-9-7-16)5-3-15-4-10-19-12-15/h4,10,12,14,17H,3,5-9,11,13H2,1-2H3. The van der Waals surface area contributed by atoms with E-state index in [4.69, 9.17) is 4.74 Å². The minimum atomic E-state index is 0.453. The summed E-state index contributed by atoms with van der Waals surface area (Å²) in [5.41, 5.74) is 1.95. The van der Waals surface area contributed by atoms with Crippen LogP contribution in [0, 0.1) is 11.3 Å². The number of thiophene rings is 1. The van der Waals surface area contributed by atoms with E-state index >= 15 is 0 Å². The summed E-state index contributed by atoms with van der Waals surface area (Å²) in [5, 5.41) is 8.14. The number of hydrogen-bond donors (Lipinski definition) is 1. The Hall–Kier alpha value is -0.380. The SMILES string of the molecule is CC(C)CNCC1(CCc2ccsc2)CCOCC1. The second-order valence-corrected chi connectivity index (χ2v) is 7.05. The Balaban J connectivity index is 1.86. The smallest absolute Gasteiger partial charge is 0.0471 e. The molecule has 1 aromatic rings. The van der Waals surface area contributed by atoms with Gasteiger partial charge in [-0.2, -0.15) is 11.3 Å². The lowest BCUT2D eigenvalue weighted by molar-refractivity contribution is 0.0103. The first-order chi connectivity index (χ1) is 9.20. The molecule has 3 heteroatoms. The minimum absolute atomic E-state index is 0.453. The van der Waals surface area contributed by atoms with E-state index in [0.717, 1.165) is 32.2 Å². The molecule has 108 valence electrons. The third-order valence-corrected chi connectivity index (χ3v) is 4.86. The molecule has 0 atom stereocenters. The van der Waals surface area contributed by atoms with E-state index < -0.39 is 0 Å². The van der Waals surface area contributed by atoms with Crippen molar-refractivity contribution in [3.05, 3.63) is 22.4 Å². The third kappa shape index (κ3) is 4.90. The van der Waals surface area contributed by atoms with Crippen molar-refractivity contribution in [3.63, 3.8) is 0 Å². The summed E-state index contributed by atoms with van der Waals surface area (Å²) < 4.78 is 5.56. The van der Waals surface area contributed by atoms with Crippen molar-refractivity contribution in [1.29, 1.82) is 0 Å². The maximum Gasteiger partial charge on any atom is 0.0471 e. The predicted octanol–water partition coefficient (Wildman–Crippen LogP) is 3.72. The van der Waals surface area contributed by atoms with Crippen LogP contribution in [-0.4, -0.2) is 26.3 Å². The highest BCUT2D eigenvalue weighted by Gasteiger charge is 2.31. The molecule has 0 unspecified atom stereocenters. The van der Waals surface area contributed by atoms with Crippen molar-refractivity contribution < 1.29 is 4.74 Å². The van der Waals surface area contributed by atoms with Crippen LogP contribution >= 0.6 is 11.3 Å². The normalized spacial score (nSPS) is 18.9. The summed E-state index contributed by atoms with van der Waals surface area (Å²) in [4.78, 5) is 0. The molecule has 1 saturated heterocycles. The number of nitrogens with one attached hydrogen (secondary N) is 1. The maximum atomic E-state index is 5.56.